The van der Waals surface area contributed by atoms with Crippen LogP contribution in [0.15, 0.2) is 18.2 Å². The Kier molecular flexibility index (Phi) is 3.44. The Bertz CT molecular complexity index is 490. The van der Waals surface area contributed by atoms with Crippen molar-refractivity contribution in [1.29, 1.82) is 0 Å². The molecule has 20 heavy (non-hydrogen) atoms. The third kappa shape index (κ3) is 2.01. The fourth-order valence-electron chi connectivity index (χ4n) is 3.66. The topological polar surface area (TPSA) is 52.9 Å². The largest absolute Gasteiger partial charge is 0.496 e. The van der Waals surface area contributed by atoms with Crippen molar-refractivity contribution in [1.82, 2.24) is 4.90 Å². The van der Waals surface area contributed by atoms with Crippen LogP contribution in [0.4, 0.5) is 4.39 Å². The Hall–Kier alpha value is -1.17. The van der Waals surface area contributed by atoms with Gasteiger partial charge in [0.25, 0.3) is 0 Å². The van der Waals surface area contributed by atoms with Crippen molar-refractivity contribution < 1.29 is 19.3 Å². The molecule has 4 nitrogen and oxygen atoms in total. The molecule has 5 heteroatoms. The summed E-state index contributed by atoms with van der Waals surface area (Å²) in [5, 5.41) is 18.8. The molecule has 1 saturated carbocycles. The zero-order valence-electron chi connectivity index (χ0n) is 11.6. The van der Waals surface area contributed by atoms with Crippen LogP contribution in [-0.4, -0.2) is 48.5 Å². The minimum atomic E-state index is -0.297. The number of methoxy groups -OCH3 is 1. The van der Waals surface area contributed by atoms with Crippen LogP contribution in [-0.2, 0) is 6.54 Å². The highest BCUT2D eigenvalue weighted by atomic mass is 19.1. The van der Waals surface area contributed by atoms with Crippen molar-refractivity contribution in [3.63, 3.8) is 0 Å². The van der Waals surface area contributed by atoms with Crippen LogP contribution in [0.2, 0.25) is 0 Å². The van der Waals surface area contributed by atoms with Crippen molar-refractivity contribution in [2.24, 2.45) is 17.3 Å². The summed E-state index contributed by atoms with van der Waals surface area (Å²) in [5.41, 5.74) is 0.706. The molecule has 2 aliphatic rings. The minimum absolute atomic E-state index is 0.0620. The van der Waals surface area contributed by atoms with Gasteiger partial charge in [0.15, 0.2) is 0 Å². The van der Waals surface area contributed by atoms with Crippen LogP contribution < -0.4 is 4.74 Å². The molecular weight excluding hydrogens is 261 g/mol. The van der Waals surface area contributed by atoms with E-state index >= 15 is 0 Å². The second-order valence-corrected chi connectivity index (χ2v) is 5.91. The third-order valence-electron chi connectivity index (χ3n) is 5.00. The lowest BCUT2D eigenvalue weighted by molar-refractivity contribution is 0.0867. The van der Waals surface area contributed by atoms with Gasteiger partial charge in [-0.1, -0.05) is 6.07 Å². The van der Waals surface area contributed by atoms with Crippen LogP contribution in [0.5, 0.6) is 5.75 Å². The molecule has 0 bridgehead atoms. The number of hydrogen-bond donors (Lipinski definition) is 2. The molecule has 110 valence electrons. The number of benzene rings is 1. The van der Waals surface area contributed by atoms with Crippen molar-refractivity contribution in [3.8, 4) is 5.75 Å². The van der Waals surface area contributed by atoms with E-state index in [0.29, 0.717) is 24.1 Å². The first kappa shape index (κ1) is 13.8. The highest BCUT2D eigenvalue weighted by Gasteiger charge is 2.67. The van der Waals surface area contributed by atoms with E-state index in [0.717, 1.165) is 18.7 Å². The Labute approximate surface area is 117 Å². The maximum atomic E-state index is 13.2. The fraction of sp³-hybridized carbons (Fsp3) is 0.600. The molecule has 1 aliphatic carbocycles. The summed E-state index contributed by atoms with van der Waals surface area (Å²) in [4.78, 5) is 2.27. The molecule has 1 saturated heterocycles. The number of hydrogen-bond acceptors (Lipinski definition) is 4. The molecule has 1 aromatic carbocycles. The van der Waals surface area contributed by atoms with Gasteiger partial charge in [-0.05, 0) is 17.9 Å². The molecule has 1 heterocycles. The molecule has 2 fully saturated rings. The lowest BCUT2D eigenvalue weighted by atomic mass is 10.0. The van der Waals surface area contributed by atoms with E-state index in [4.69, 9.17) is 4.74 Å². The highest BCUT2D eigenvalue weighted by Crippen LogP contribution is 2.62. The first-order valence-corrected chi connectivity index (χ1v) is 6.91. The van der Waals surface area contributed by atoms with Gasteiger partial charge in [0.1, 0.15) is 11.6 Å². The molecule has 0 radical (unpaired) electrons. The summed E-state index contributed by atoms with van der Waals surface area (Å²) in [7, 11) is 1.54. The van der Waals surface area contributed by atoms with Crippen molar-refractivity contribution in [2.45, 2.75) is 6.54 Å². The van der Waals surface area contributed by atoms with Crippen LogP contribution in [0.1, 0.15) is 5.56 Å². The van der Waals surface area contributed by atoms with E-state index in [1.54, 1.807) is 13.2 Å². The van der Waals surface area contributed by atoms with Crippen molar-refractivity contribution in [3.05, 3.63) is 29.6 Å². The van der Waals surface area contributed by atoms with E-state index in [1.165, 1.54) is 12.1 Å². The summed E-state index contributed by atoms with van der Waals surface area (Å²) in [6.07, 6.45) is 0. The quantitative estimate of drug-likeness (QED) is 0.841. The van der Waals surface area contributed by atoms with Crippen LogP contribution in [0.3, 0.4) is 0 Å². The standard InChI is InChI=1S/C15H20FNO3/c1-20-14-4-11(16)3-2-10(14)5-17-6-12-13(7-17)15(12,8-18)9-19/h2-4,12-13,18-19H,5-9H2,1H3. The smallest absolute Gasteiger partial charge is 0.126 e. The van der Waals surface area contributed by atoms with Gasteiger partial charge in [-0.2, -0.15) is 0 Å². The van der Waals surface area contributed by atoms with Gasteiger partial charge in [-0.25, -0.2) is 4.39 Å². The number of ether oxygens (including phenoxy) is 1. The summed E-state index contributed by atoms with van der Waals surface area (Å²) < 4.78 is 18.4. The zero-order valence-corrected chi connectivity index (χ0v) is 11.6. The Morgan fingerprint density at radius 2 is 1.95 bits per heavy atom. The number of aliphatic hydroxyl groups is 2. The Balaban J connectivity index is 1.65. The number of rotatable bonds is 5. The number of halogens is 1. The third-order valence-corrected chi connectivity index (χ3v) is 5.00. The number of piperidine rings is 1. The normalized spacial score (nSPS) is 27.4. The van der Waals surface area contributed by atoms with Gasteiger partial charge >= 0.3 is 0 Å². The van der Waals surface area contributed by atoms with Gasteiger partial charge in [0, 0.05) is 36.7 Å². The second kappa shape index (κ2) is 4.98. The fourth-order valence-corrected chi connectivity index (χ4v) is 3.66. The summed E-state index contributed by atoms with van der Waals surface area (Å²) >= 11 is 0. The maximum absolute atomic E-state index is 13.2. The minimum Gasteiger partial charge on any atom is -0.496 e. The van der Waals surface area contributed by atoms with Gasteiger partial charge in [-0.15, -0.1) is 0 Å². The first-order chi connectivity index (χ1) is 9.64. The van der Waals surface area contributed by atoms with Crippen molar-refractivity contribution >= 4 is 0 Å². The lowest BCUT2D eigenvalue weighted by Crippen LogP contribution is -2.31. The SMILES string of the molecule is COc1cc(F)ccc1CN1CC2C(C1)C2(CO)CO. The van der Waals surface area contributed by atoms with Gasteiger partial charge in [0.2, 0.25) is 0 Å². The van der Waals surface area contributed by atoms with E-state index in [9.17, 15) is 14.6 Å². The maximum Gasteiger partial charge on any atom is 0.126 e. The van der Waals surface area contributed by atoms with Crippen molar-refractivity contribution in [2.75, 3.05) is 33.4 Å². The zero-order chi connectivity index (χ0) is 14.3. The average Bonchev–Trinajstić information content (AvgIpc) is 2.83. The molecule has 0 spiro atoms. The van der Waals surface area contributed by atoms with E-state index in [1.807, 2.05) is 0 Å². The number of nitrogens with zero attached hydrogens (tertiary/aromatic N) is 1. The molecule has 2 N–H and O–H groups in total. The molecule has 0 amide bonds. The van der Waals surface area contributed by atoms with E-state index in [-0.39, 0.29) is 24.4 Å². The molecule has 1 aliphatic heterocycles. The molecule has 3 rings (SSSR count). The monoisotopic (exact) mass is 281 g/mol. The average molecular weight is 281 g/mol. The lowest BCUT2D eigenvalue weighted by Gasteiger charge is -2.24. The predicted octanol–water partition coefficient (Wildman–Crippen LogP) is 0.867. The molecule has 2 unspecified atom stereocenters. The van der Waals surface area contributed by atoms with Gasteiger partial charge < -0.3 is 14.9 Å². The Morgan fingerprint density at radius 1 is 1.30 bits per heavy atom. The first-order valence-electron chi connectivity index (χ1n) is 6.91. The van der Waals surface area contributed by atoms with Gasteiger partial charge in [-0.3, -0.25) is 4.90 Å². The molecule has 1 aromatic rings. The summed E-state index contributed by atoms with van der Waals surface area (Å²) in [6.45, 7) is 2.57. The molecule has 2 atom stereocenters. The van der Waals surface area contributed by atoms with Crippen LogP contribution in [0, 0.1) is 23.1 Å². The summed E-state index contributed by atoms with van der Waals surface area (Å²) in [6, 6.07) is 4.60. The molecular formula is C15H20FNO3. The van der Waals surface area contributed by atoms with Crippen LogP contribution in [0.25, 0.3) is 0 Å². The predicted molar refractivity (Wildman–Crippen MR) is 71.8 cm³/mol. The highest BCUT2D eigenvalue weighted by molar-refractivity contribution is 5.34. The molecule has 0 aromatic heterocycles. The van der Waals surface area contributed by atoms with Crippen LogP contribution >= 0.6 is 0 Å². The van der Waals surface area contributed by atoms with E-state index in [2.05, 4.69) is 4.90 Å². The number of fused-ring (bicyclic) bond motifs is 1. The summed E-state index contributed by atoms with van der Waals surface area (Å²) in [5.74, 6) is 1.03. The van der Waals surface area contributed by atoms with Gasteiger partial charge in [0.05, 0.1) is 20.3 Å². The number of aliphatic hydroxyl groups excluding tert-OH is 2. The second-order valence-electron chi connectivity index (χ2n) is 5.91. The number of likely N-dealkylation sites (tertiary alicyclic amines) is 1. The Morgan fingerprint density at radius 3 is 2.50 bits per heavy atom. The van der Waals surface area contributed by atoms with E-state index < -0.39 is 0 Å².